The molecule has 1 N–H and O–H groups in total. The summed E-state index contributed by atoms with van der Waals surface area (Å²) in [7, 11) is 0. The lowest BCUT2D eigenvalue weighted by atomic mass is 10.2. The summed E-state index contributed by atoms with van der Waals surface area (Å²) in [6.07, 6.45) is 5.97. The van der Waals surface area contributed by atoms with Gasteiger partial charge >= 0.3 is 0 Å². The van der Waals surface area contributed by atoms with Crippen molar-refractivity contribution < 1.29 is 9.18 Å². The topological polar surface area (TPSA) is 63.1 Å². The molecular weight excluding hydrogens is 357 g/mol. The maximum Gasteiger partial charge on any atom is 0.251 e. The first-order chi connectivity index (χ1) is 13.5. The Labute approximate surface area is 165 Å². The normalized spacial score (nSPS) is 15.0. The van der Waals surface area contributed by atoms with Crippen LogP contribution in [0.3, 0.4) is 0 Å². The molecule has 1 aliphatic rings. The predicted octanol–water partition coefficient (Wildman–Crippen LogP) is 2.46. The third-order valence-electron chi connectivity index (χ3n) is 4.82. The summed E-state index contributed by atoms with van der Waals surface area (Å²) >= 11 is 0. The molecule has 1 aromatic heterocycles. The number of carbonyl (C=O) groups excluding carboxylic acids is 1. The minimum atomic E-state index is -0.351. The van der Waals surface area contributed by atoms with Crippen LogP contribution in [0.5, 0.6) is 0 Å². The third kappa shape index (κ3) is 5.48. The average molecular weight is 385 g/mol. The molecule has 3 rings (SSSR count). The molecule has 28 heavy (non-hydrogen) atoms. The summed E-state index contributed by atoms with van der Waals surface area (Å²) in [4.78, 5) is 14.6. The minimum absolute atomic E-state index is 0.210. The lowest BCUT2D eigenvalue weighted by molar-refractivity contribution is 0.0954. The zero-order chi connectivity index (χ0) is 19.9. The van der Waals surface area contributed by atoms with Gasteiger partial charge in [0, 0.05) is 51.1 Å². The number of carbonyl (C=O) groups is 1. The Balaban J connectivity index is 1.50. The number of amides is 1. The van der Waals surface area contributed by atoms with Crippen LogP contribution in [0.2, 0.25) is 0 Å². The van der Waals surface area contributed by atoms with E-state index in [1.54, 1.807) is 0 Å². The summed E-state index contributed by atoms with van der Waals surface area (Å²) in [5.41, 5.74) is 0.451. The number of allylic oxidation sites excluding steroid dienone is 1. The molecule has 0 bridgehead atoms. The Kier molecular flexibility index (Phi) is 6.92. The number of hydrogen-bond acceptors (Lipinski definition) is 4. The van der Waals surface area contributed by atoms with E-state index < -0.39 is 0 Å². The molecule has 0 fully saturated rings. The Bertz CT molecular complexity index is 813. The molecule has 2 aromatic rings. The van der Waals surface area contributed by atoms with Gasteiger partial charge in [0.15, 0.2) is 0 Å². The molecule has 0 unspecified atom stereocenters. The number of hydrogen-bond donors (Lipinski definition) is 1. The fourth-order valence-electron chi connectivity index (χ4n) is 3.27. The largest absolute Gasteiger partial charge is 0.352 e. The number of rotatable bonds is 7. The van der Waals surface area contributed by atoms with Crippen LogP contribution in [0.1, 0.15) is 35.9 Å². The molecular formula is C21H28FN5O. The van der Waals surface area contributed by atoms with Crippen molar-refractivity contribution >= 4 is 5.91 Å². The molecule has 1 aromatic carbocycles. The first-order valence-electron chi connectivity index (χ1n) is 9.86. The van der Waals surface area contributed by atoms with Crippen LogP contribution in [-0.4, -0.2) is 51.8 Å². The minimum Gasteiger partial charge on any atom is -0.352 e. The van der Waals surface area contributed by atoms with Gasteiger partial charge in [-0.3, -0.25) is 9.69 Å². The fourth-order valence-corrected chi connectivity index (χ4v) is 3.27. The van der Waals surface area contributed by atoms with E-state index in [2.05, 4.69) is 51.0 Å². The van der Waals surface area contributed by atoms with Crippen LogP contribution in [0, 0.1) is 11.7 Å². The van der Waals surface area contributed by atoms with Crippen molar-refractivity contribution in [1.29, 1.82) is 0 Å². The number of aromatic nitrogens is 3. The van der Waals surface area contributed by atoms with Crippen molar-refractivity contribution in [2.75, 3.05) is 26.2 Å². The van der Waals surface area contributed by atoms with Gasteiger partial charge in [-0.2, -0.15) is 0 Å². The highest BCUT2D eigenvalue weighted by molar-refractivity contribution is 5.94. The lowest BCUT2D eigenvalue weighted by Crippen LogP contribution is -2.28. The van der Waals surface area contributed by atoms with Crippen LogP contribution in [0.4, 0.5) is 4.39 Å². The smallest absolute Gasteiger partial charge is 0.251 e. The van der Waals surface area contributed by atoms with Gasteiger partial charge in [0.1, 0.15) is 17.5 Å². The number of nitrogens with zero attached hydrogens (tertiary/aromatic N) is 4. The maximum absolute atomic E-state index is 13.0. The first-order valence-corrected chi connectivity index (χ1v) is 9.86. The van der Waals surface area contributed by atoms with Gasteiger partial charge in [0.05, 0.1) is 0 Å². The van der Waals surface area contributed by atoms with Crippen molar-refractivity contribution in [2.24, 2.45) is 5.92 Å². The van der Waals surface area contributed by atoms with Crippen molar-refractivity contribution in [1.82, 2.24) is 25.0 Å². The average Bonchev–Trinajstić information content (AvgIpc) is 2.93. The van der Waals surface area contributed by atoms with Crippen molar-refractivity contribution in [3.05, 3.63) is 59.4 Å². The van der Waals surface area contributed by atoms with E-state index >= 15 is 0 Å². The number of nitrogens with one attached hydrogen (secondary N) is 1. The van der Waals surface area contributed by atoms with Crippen molar-refractivity contribution in [2.45, 2.75) is 33.2 Å². The quantitative estimate of drug-likeness (QED) is 0.744. The third-order valence-corrected chi connectivity index (χ3v) is 4.82. The van der Waals surface area contributed by atoms with E-state index in [0.717, 1.165) is 44.2 Å². The SMILES string of the molecule is CC(C)C=CCN1CCc2nnc(CCNC(=O)c3ccc(F)cc3)n2CC1. The van der Waals surface area contributed by atoms with Crippen LogP contribution in [0.15, 0.2) is 36.4 Å². The van der Waals surface area contributed by atoms with Crippen LogP contribution < -0.4 is 5.32 Å². The van der Waals surface area contributed by atoms with Crippen molar-refractivity contribution in [3.63, 3.8) is 0 Å². The predicted molar refractivity (Wildman–Crippen MR) is 107 cm³/mol. The number of benzene rings is 1. The monoisotopic (exact) mass is 385 g/mol. The highest BCUT2D eigenvalue weighted by Gasteiger charge is 2.18. The highest BCUT2D eigenvalue weighted by atomic mass is 19.1. The molecule has 0 spiro atoms. The van der Waals surface area contributed by atoms with Gasteiger partial charge in [-0.1, -0.05) is 26.0 Å². The Morgan fingerprint density at radius 2 is 2.00 bits per heavy atom. The summed E-state index contributed by atoms with van der Waals surface area (Å²) < 4.78 is 15.1. The fraction of sp³-hybridized carbons (Fsp3) is 0.476. The Morgan fingerprint density at radius 1 is 1.21 bits per heavy atom. The zero-order valence-corrected chi connectivity index (χ0v) is 16.6. The lowest BCUT2D eigenvalue weighted by Gasteiger charge is -2.17. The molecule has 0 atom stereocenters. The maximum atomic E-state index is 13.0. The van der Waals surface area contributed by atoms with Gasteiger partial charge in [0.2, 0.25) is 0 Å². The van der Waals surface area contributed by atoms with Crippen LogP contribution in [0.25, 0.3) is 0 Å². The molecule has 1 amide bonds. The van der Waals surface area contributed by atoms with Gasteiger partial charge in [0.25, 0.3) is 5.91 Å². The highest BCUT2D eigenvalue weighted by Crippen LogP contribution is 2.10. The summed E-state index contributed by atoms with van der Waals surface area (Å²) in [5.74, 6) is 1.92. The first kappa shape index (κ1) is 20.2. The number of halogens is 1. The summed E-state index contributed by atoms with van der Waals surface area (Å²) in [6, 6.07) is 5.54. The molecule has 1 aliphatic heterocycles. The Morgan fingerprint density at radius 3 is 2.75 bits per heavy atom. The van der Waals surface area contributed by atoms with E-state index in [-0.39, 0.29) is 11.7 Å². The molecule has 0 aliphatic carbocycles. The molecule has 7 heteroatoms. The van der Waals surface area contributed by atoms with E-state index in [0.29, 0.717) is 24.4 Å². The summed E-state index contributed by atoms with van der Waals surface area (Å²) in [5, 5.41) is 11.5. The van der Waals surface area contributed by atoms with E-state index in [4.69, 9.17) is 0 Å². The van der Waals surface area contributed by atoms with Crippen LogP contribution in [-0.2, 0) is 19.4 Å². The van der Waals surface area contributed by atoms with E-state index in [1.807, 2.05) is 0 Å². The van der Waals surface area contributed by atoms with Gasteiger partial charge in [-0.25, -0.2) is 4.39 Å². The zero-order valence-electron chi connectivity index (χ0n) is 16.6. The standard InChI is InChI=1S/C21H28FN5O/c1-16(2)4-3-12-26-13-10-20-25-24-19(27(20)15-14-26)9-11-23-21(28)17-5-7-18(22)8-6-17/h3-8,16H,9-15H2,1-2H3,(H,23,28). The molecule has 150 valence electrons. The molecule has 2 heterocycles. The second-order valence-electron chi connectivity index (χ2n) is 7.42. The van der Waals surface area contributed by atoms with Gasteiger partial charge in [-0.05, 0) is 30.2 Å². The second kappa shape index (κ2) is 9.59. The second-order valence-corrected chi connectivity index (χ2v) is 7.42. The van der Waals surface area contributed by atoms with Gasteiger partial charge < -0.3 is 9.88 Å². The molecule has 6 nitrogen and oxygen atoms in total. The molecule has 0 saturated carbocycles. The van der Waals surface area contributed by atoms with E-state index in [9.17, 15) is 9.18 Å². The Hall–Kier alpha value is -2.54. The van der Waals surface area contributed by atoms with Crippen LogP contribution >= 0.6 is 0 Å². The van der Waals surface area contributed by atoms with E-state index in [1.165, 1.54) is 24.3 Å². The molecule has 0 radical (unpaired) electrons. The van der Waals surface area contributed by atoms with Crippen molar-refractivity contribution in [3.8, 4) is 0 Å². The number of fused-ring (bicyclic) bond motifs is 1. The molecule has 0 saturated heterocycles. The van der Waals surface area contributed by atoms with Gasteiger partial charge in [-0.15, -0.1) is 10.2 Å². The summed E-state index contributed by atoms with van der Waals surface area (Å²) in [6.45, 7) is 8.58.